The Hall–Kier alpha value is -1.95. The minimum Gasteiger partial charge on any atom is -0.342 e. The number of rotatable bonds is 4. The van der Waals surface area contributed by atoms with Gasteiger partial charge < -0.3 is 14.4 Å². The number of ketones is 1. The van der Waals surface area contributed by atoms with Crippen molar-refractivity contribution in [3.63, 3.8) is 0 Å². The van der Waals surface area contributed by atoms with Crippen LogP contribution in [0, 0.1) is 5.92 Å². The molecule has 0 aromatic carbocycles. The number of fused-ring (bicyclic) bond motifs is 4. The minimum atomic E-state index is 0.00963. The lowest BCUT2D eigenvalue weighted by Gasteiger charge is -2.40. The van der Waals surface area contributed by atoms with Crippen molar-refractivity contribution in [2.24, 2.45) is 5.92 Å². The quantitative estimate of drug-likeness (QED) is 0.769. The first-order chi connectivity index (χ1) is 13.1. The highest BCUT2D eigenvalue weighted by Crippen LogP contribution is 2.29. The molecule has 1 amide bonds. The van der Waals surface area contributed by atoms with Gasteiger partial charge in [-0.05, 0) is 25.3 Å². The lowest BCUT2D eigenvalue weighted by molar-refractivity contribution is -0.903. The molecule has 2 bridgehead atoms. The first-order valence-corrected chi connectivity index (χ1v) is 10.4. The SMILES string of the molecule is O=C(CC(=O)N1CCCCCC1)C[NH+]1C[C@@H]2C[C@H](C1)c1cccc(=O)n1C2. The van der Waals surface area contributed by atoms with E-state index < -0.39 is 0 Å². The summed E-state index contributed by atoms with van der Waals surface area (Å²) < 4.78 is 1.92. The molecule has 1 N–H and O–H groups in total. The second-order valence-corrected chi connectivity index (χ2v) is 8.54. The molecular formula is C21H30N3O3+. The third kappa shape index (κ3) is 4.15. The van der Waals surface area contributed by atoms with Crippen LogP contribution in [0.25, 0.3) is 0 Å². The average Bonchev–Trinajstić information content (AvgIpc) is 2.92. The van der Waals surface area contributed by atoms with Crippen molar-refractivity contribution in [2.75, 3.05) is 32.7 Å². The van der Waals surface area contributed by atoms with Gasteiger partial charge in [0.15, 0.2) is 5.78 Å². The molecule has 1 aromatic rings. The van der Waals surface area contributed by atoms with Crippen LogP contribution in [0.15, 0.2) is 23.0 Å². The predicted molar refractivity (Wildman–Crippen MR) is 102 cm³/mol. The summed E-state index contributed by atoms with van der Waals surface area (Å²) in [5.74, 6) is 0.857. The molecule has 2 saturated heterocycles. The fourth-order valence-electron chi connectivity index (χ4n) is 5.21. The number of aromatic nitrogens is 1. The molecule has 6 heteroatoms. The van der Waals surface area contributed by atoms with Crippen molar-refractivity contribution in [1.82, 2.24) is 9.47 Å². The van der Waals surface area contributed by atoms with Gasteiger partial charge in [-0.1, -0.05) is 18.9 Å². The van der Waals surface area contributed by atoms with Gasteiger partial charge in [-0.3, -0.25) is 14.4 Å². The van der Waals surface area contributed by atoms with Crippen LogP contribution in [0.2, 0.25) is 0 Å². The molecule has 146 valence electrons. The highest BCUT2D eigenvalue weighted by atomic mass is 16.2. The summed E-state index contributed by atoms with van der Waals surface area (Å²) in [7, 11) is 0. The third-order valence-corrected chi connectivity index (χ3v) is 6.43. The van der Waals surface area contributed by atoms with Gasteiger partial charge >= 0.3 is 0 Å². The molecule has 0 saturated carbocycles. The van der Waals surface area contributed by atoms with E-state index in [0.717, 1.165) is 57.7 Å². The number of hydrogen-bond donors (Lipinski definition) is 1. The summed E-state index contributed by atoms with van der Waals surface area (Å²) in [5, 5.41) is 0. The highest BCUT2D eigenvalue weighted by molar-refractivity contribution is 5.98. The Morgan fingerprint density at radius 3 is 2.63 bits per heavy atom. The summed E-state index contributed by atoms with van der Waals surface area (Å²) in [6.07, 6.45) is 5.63. The van der Waals surface area contributed by atoms with Crippen molar-refractivity contribution in [3.05, 3.63) is 34.2 Å². The smallest absolute Gasteiger partial charge is 0.250 e. The predicted octanol–water partition coefficient (Wildman–Crippen LogP) is 0.212. The molecule has 2 fully saturated rings. The first kappa shape index (κ1) is 18.4. The molecule has 3 atom stereocenters. The molecular weight excluding hydrogens is 342 g/mol. The van der Waals surface area contributed by atoms with E-state index in [1.54, 1.807) is 6.07 Å². The van der Waals surface area contributed by atoms with Crippen LogP contribution in [0.1, 0.15) is 50.1 Å². The van der Waals surface area contributed by atoms with Crippen LogP contribution in [0.5, 0.6) is 0 Å². The van der Waals surface area contributed by atoms with Gasteiger partial charge in [0, 0.05) is 43.2 Å². The maximum atomic E-state index is 12.5. The van der Waals surface area contributed by atoms with Crippen molar-refractivity contribution in [1.29, 1.82) is 0 Å². The zero-order valence-corrected chi connectivity index (χ0v) is 16.0. The van der Waals surface area contributed by atoms with Crippen LogP contribution in [-0.2, 0) is 16.1 Å². The van der Waals surface area contributed by atoms with Crippen molar-refractivity contribution < 1.29 is 14.5 Å². The molecule has 1 aromatic heterocycles. The van der Waals surface area contributed by atoms with Gasteiger partial charge in [0.2, 0.25) is 5.91 Å². The van der Waals surface area contributed by atoms with Gasteiger partial charge in [0.25, 0.3) is 5.56 Å². The molecule has 3 aliphatic rings. The molecule has 0 aliphatic carbocycles. The largest absolute Gasteiger partial charge is 0.342 e. The number of piperidine rings is 1. The topological polar surface area (TPSA) is 63.8 Å². The van der Waals surface area contributed by atoms with E-state index in [9.17, 15) is 14.4 Å². The van der Waals surface area contributed by atoms with E-state index >= 15 is 0 Å². The number of quaternary nitrogens is 1. The highest BCUT2D eigenvalue weighted by Gasteiger charge is 2.37. The van der Waals surface area contributed by atoms with E-state index in [2.05, 4.69) is 6.07 Å². The lowest BCUT2D eigenvalue weighted by Crippen LogP contribution is -3.15. The van der Waals surface area contributed by atoms with Gasteiger partial charge in [-0.2, -0.15) is 0 Å². The molecule has 4 heterocycles. The number of Topliss-reactive ketones (excluding diaryl/α,β-unsaturated/α-hetero) is 1. The Morgan fingerprint density at radius 1 is 1.07 bits per heavy atom. The average molecular weight is 372 g/mol. The Morgan fingerprint density at radius 2 is 1.85 bits per heavy atom. The van der Waals surface area contributed by atoms with Crippen LogP contribution < -0.4 is 10.5 Å². The Labute approximate surface area is 160 Å². The fourth-order valence-corrected chi connectivity index (χ4v) is 5.21. The summed E-state index contributed by atoms with van der Waals surface area (Å²) in [6.45, 7) is 4.60. The van der Waals surface area contributed by atoms with E-state index in [4.69, 9.17) is 0 Å². The number of likely N-dealkylation sites (tertiary alicyclic amines) is 2. The second kappa shape index (κ2) is 7.97. The number of carbonyl (C=O) groups excluding carboxylic acids is 2. The molecule has 0 radical (unpaired) electrons. The molecule has 0 spiro atoms. The van der Waals surface area contributed by atoms with E-state index in [1.165, 1.54) is 17.7 Å². The normalized spacial score (nSPS) is 27.6. The fraction of sp³-hybridized carbons (Fsp3) is 0.667. The van der Waals surface area contributed by atoms with Crippen LogP contribution in [0.3, 0.4) is 0 Å². The monoisotopic (exact) mass is 372 g/mol. The summed E-state index contributed by atoms with van der Waals surface area (Å²) in [6, 6.07) is 5.52. The van der Waals surface area contributed by atoms with E-state index in [0.29, 0.717) is 18.4 Å². The number of nitrogens with zero attached hydrogens (tertiary/aromatic N) is 2. The molecule has 6 nitrogen and oxygen atoms in total. The maximum Gasteiger partial charge on any atom is 0.250 e. The summed E-state index contributed by atoms with van der Waals surface area (Å²) in [5.41, 5.74) is 1.20. The standard InChI is InChI=1S/C21H29N3O3/c25-18(11-21(27)23-8-3-1-2-4-9-23)15-22-12-16-10-17(14-22)19-6-5-7-20(26)24(19)13-16/h5-7,16-17H,1-4,8-15H2/p+1/t16-,17+/m0/s1. The number of nitrogens with one attached hydrogen (secondary N) is 1. The minimum absolute atomic E-state index is 0.00963. The number of pyridine rings is 1. The first-order valence-electron chi connectivity index (χ1n) is 10.4. The summed E-state index contributed by atoms with van der Waals surface area (Å²) in [4.78, 5) is 40.3. The molecule has 3 aliphatic heterocycles. The zero-order valence-electron chi connectivity index (χ0n) is 16.0. The molecule has 27 heavy (non-hydrogen) atoms. The Balaban J connectivity index is 1.35. The van der Waals surface area contributed by atoms with E-state index in [-0.39, 0.29) is 23.7 Å². The zero-order chi connectivity index (χ0) is 18.8. The number of hydrogen-bond acceptors (Lipinski definition) is 3. The van der Waals surface area contributed by atoms with Crippen LogP contribution in [-0.4, -0.2) is 53.9 Å². The summed E-state index contributed by atoms with van der Waals surface area (Å²) >= 11 is 0. The van der Waals surface area contributed by atoms with Crippen molar-refractivity contribution in [2.45, 2.75) is 51.0 Å². The van der Waals surface area contributed by atoms with Crippen LogP contribution >= 0.6 is 0 Å². The van der Waals surface area contributed by atoms with Gasteiger partial charge in [0.05, 0.1) is 19.5 Å². The van der Waals surface area contributed by atoms with Gasteiger partial charge in [-0.25, -0.2) is 0 Å². The maximum absolute atomic E-state index is 12.5. The number of amides is 1. The third-order valence-electron chi connectivity index (χ3n) is 6.43. The van der Waals surface area contributed by atoms with Crippen molar-refractivity contribution >= 4 is 11.7 Å². The second-order valence-electron chi connectivity index (χ2n) is 8.54. The Kier molecular flexibility index (Phi) is 5.43. The van der Waals surface area contributed by atoms with Crippen molar-refractivity contribution in [3.8, 4) is 0 Å². The lowest BCUT2D eigenvalue weighted by atomic mass is 9.83. The molecule has 1 unspecified atom stereocenters. The van der Waals surface area contributed by atoms with Crippen LogP contribution in [0.4, 0.5) is 0 Å². The van der Waals surface area contributed by atoms with Gasteiger partial charge in [0.1, 0.15) is 6.54 Å². The molecule has 4 rings (SSSR count). The number of carbonyl (C=O) groups is 2. The Bertz CT molecular complexity index is 764. The van der Waals surface area contributed by atoms with Gasteiger partial charge in [-0.15, -0.1) is 0 Å². The van der Waals surface area contributed by atoms with E-state index in [1.807, 2.05) is 15.5 Å².